The lowest BCUT2D eigenvalue weighted by atomic mass is 9.77. The minimum atomic E-state index is -3.80. The van der Waals surface area contributed by atoms with Crippen LogP contribution in [0, 0.1) is 12.8 Å². The summed E-state index contributed by atoms with van der Waals surface area (Å²) >= 11 is 7.60. The van der Waals surface area contributed by atoms with Crippen LogP contribution in [0.25, 0.3) is 0 Å². The average molecular weight is 376 g/mol. The number of halogens is 1. The van der Waals surface area contributed by atoms with Gasteiger partial charge in [-0.1, -0.05) is 17.7 Å². The van der Waals surface area contributed by atoms with Gasteiger partial charge in [-0.25, -0.2) is 13.1 Å². The van der Waals surface area contributed by atoms with E-state index in [1.807, 2.05) is 17.5 Å². The number of hydrogen-bond donors (Lipinski definition) is 2. The number of hydrogen-bond acceptors (Lipinski definition) is 5. The van der Waals surface area contributed by atoms with Crippen molar-refractivity contribution in [2.24, 2.45) is 13.0 Å². The van der Waals surface area contributed by atoms with Crippen molar-refractivity contribution in [3.8, 4) is 0 Å². The van der Waals surface area contributed by atoms with E-state index in [2.05, 4.69) is 9.82 Å². The Morgan fingerprint density at radius 3 is 2.70 bits per heavy atom. The predicted molar refractivity (Wildman–Crippen MR) is 89.1 cm³/mol. The number of thiophene rings is 1. The van der Waals surface area contributed by atoms with Crippen LogP contribution in [0.2, 0.25) is 5.15 Å². The summed E-state index contributed by atoms with van der Waals surface area (Å²) in [6.45, 7) is 1.62. The molecule has 23 heavy (non-hydrogen) atoms. The third kappa shape index (κ3) is 3.18. The second-order valence-electron chi connectivity index (χ2n) is 5.83. The first-order valence-corrected chi connectivity index (χ1v) is 9.96. The molecule has 1 aliphatic rings. The molecule has 6 nitrogen and oxygen atoms in total. The molecule has 2 aromatic heterocycles. The lowest BCUT2D eigenvalue weighted by molar-refractivity contribution is 0.0286. The summed E-state index contributed by atoms with van der Waals surface area (Å²) in [5.74, 6) is 0.0779. The van der Waals surface area contributed by atoms with Crippen LogP contribution < -0.4 is 4.72 Å². The molecule has 9 heteroatoms. The molecule has 0 aliphatic heterocycles. The number of nitrogens with one attached hydrogen (secondary N) is 1. The zero-order valence-electron chi connectivity index (χ0n) is 12.7. The molecule has 0 spiro atoms. The highest BCUT2D eigenvalue weighted by molar-refractivity contribution is 7.89. The van der Waals surface area contributed by atoms with Crippen LogP contribution in [0.4, 0.5) is 0 Å². The van der Waals surface area contributed by atoms with Crippen molar-refractivity contribution >= 4 is 33.0 Å². The van der Waals surface area contributed by atoms with Crippen LogP contribution in [0.3, 0.4) is 0 Å². The summed E-state index contributed by atoms with van der Waals surface area (Å²) in [6.07, 6.45) is 0.825. The summed E-state index contributed by atoms with van der Waals surface area (Å²) in [4.78, 5) is 0.950. The van der Waals surface area contributed by atoms with Crippen LogP contribution in [-0.4, -0.2) is 29.4 Å². The maximum atomic E-state index is 12.8. The Morgan fingerprint density at radius 1 is 1.52 bits per heavy atom. The first-order chi connectivity index (χ1) is 10.8. The van der Waals surface area contributed by atoms with Crippen molar-refractivity contribution < 1.29 is 13.5 Å². The second kappa shape index (κ2) is 6.18. The van der Waals surface area contributed by atoms with Crippen molar-refractivity contribution in [1.29, 1.82) is 0 Å². The van der Waals surface area contributed by atoms with Gasteiger partial charge in [0.05, 0.1) is 17.8 Å². The highest BCUT2D eigenvalue weighted by Crippen LogP contribution is 2.40. The molecule has 0 radical (unpaired) electrons. The number of sulfonamides is 1. The minimum Gasteiger partial charge on any atom is -0.393 e. The normalized spacial score (nSPS) is 22.8. The quantitative estimate of drug-likeness (QED) is 0.839. The van der Waals surface area contributed by atoms with Crippen molar-refractivity contribution in [2.45, 2.75) is 36.8 Å². The molecule has 0 aromatic carbocycles. The number of aliphatic hydroxyl groups is 1. The Hall–Kier alpha value is -0.930. The molecule has 1 aliphatic carbocycles. The molecule has 1 fully saturated rings. The highest BCUT2D eigenvalue weighted by atomic mass is 35.5. The number of aryl methyl sites for hydroxylation is 2. The molecule has 2 N–H and O–H groups in total. The monoisotopic (exact) mass is 375 g/mol. The van der Waals surface area contributed by atoms with Crippen LogP contribution in [0.5, 0.6) is 0 Å². The molecular weight excluding hydrogens is 358 g/mol. The van der Waals surface area contributed by atoms with Crippen LogP contribution in [0.15, 0.2) is 22.4 Å². The summed E-state index contributed by atoms with van der Waals surface area (Å²) in [5.41, 5.74) is 0.364. The molecule has 0 amide bonds. The van der Waals surface area contributed by atoms with Gasteiger partial charge in [-0.05, 0) is 37.1 Å². The van der Waals surface area contributed by atoms with Crippen molar-refractivity contribution in [3.05, 3.63) is 33.2 Å². The van der Waals surface area contributed by atoms with Gasteiger partial charge in [0.15, 0.2) is 0 Å². The summed E-state index contributed by atoms with van der Waals surface area (Å²) < 4.78 is 29.7. The molecular formula is C14H18ClN3O3S2. The average Bonchev–Trinajstić information content (AvgIpc) is 3.02. The number of nitrogens with zero attached hydrogens (tertiary/aromatic N) is 2. The maximum absolute atomic E-state index is 12.8. The van der Waals surface area contributed by atoms with Gasteiger partial charge in [0, 0.05) is 11.9 Å². The van der Waals surface area contributed by atoms with Gasteiger partial charge in [0.25, 0.3) is 0 Å². The fourth-order valence-corrected chi connectivity index (χ4v) is 5.88. The van der Waals surface area contributed by atoms with E-state index in [4.69, 9.17) is 11.6 Å². The number of aromatic nitrogens is 2. The van der Waals surface area contributed by atoms with Crippen molar-refractivity contribution in [1.82, 2.24) is 14.5 Å². The van der Waals surface area contributed by atoms with E-state index in [9.17, 15) is 13.5 Å². The Morgan fingerprint density at radius 2 is 2.22 bits per heavy atom. The van der Waals surface area contributed by atoms with Crippen LogP contribution in [0.1, 0.15) is 29.5 Å². The summed E-state index contributed by atoms with van der Waals surface area (Å²) in [6, 6.07) is 3.43. The molecule has 3 rings (SSSR count). The van der Waals surface area contributed by atoms with Gasteiger partial charge in [-0.3, -0.25) is 4.68 Å². The molecule has 126 valence electrons. The van der Waals surface area contributed by atoms with Crippen molar-refractivity contribution in [2.75, 3.05) is 0 Å². The highest BCUT2D eigenvalue weighted by Gasteiger charge is 2.38. The SMILES string of the molecule is Cc1nn(C)c(Cl)c1S(=O)(=O)NC(c1cccs1)C1CC(O)C1. The molecule has 2 aromatic rings. The minimum absolute atomic E-state index is 0.0168. The standard InChI is InChI=1S/C14H18ClN3O3S2/c1-8-13(14(15)18(2)16-8)23(20,21)17-12(9-6-10(19)7-9)11-4-3-5-22-11/h3-5,9-10,12,17,19H,6-7H2,1-2H3. The zero-order chi connectivity index (χ0) is 16.8. The molecule has 0 saturated heterocycles. The van der Waals surface area contributed by atoms with Gasteiger partial charge in [-0.15, -0.1) is 11.3 Å². The van der Waals surface area contributed by atoms with Crippen molar-refractivity contribution in [3.63, 3.8) is 0 Å². The molecule has 1 unspecified atom stereocenters. The summed E-state index contributed by atoms with van der Waals surface area (Å²) in [7, 11) is -2.20. The van der Waals surface area contributed by atoms with E-state index in [-0.39, 0.29) is 28.1 Å². The smallest absolute Gasteiger partial charge is 0.246 e. The molecule has 0 bridgehead atoms. The molecule has 1 saturated carbocycles. The van der Waals surface area contributed by atoms with Gasteiger partial charge in [0.2, 0.25) is 10.0 Å². The Kier molecular flexibility index (Phi) is 4.54. The van der Waals surface area contributed by atoms with Gasteiger partial charge < -0.3 is 5.11 Å². The zero-order valence-corrected chi connectivity index (χ0v) is 15.1. The van der Waals surface area contributed by atoms with E-state index in [1.54, 1.807) is 14.0 Å². The van der Waals surface area contributed by atoms with Gasteiger partial charge >= 0.3 is 0 Å². The lowest BCUT2D eigenvalue weighted by Gasteiger charge is -2.37. The fourth-order valence-electron chi connectivity index (χ4n) is 2.90. The Labute approximate surface area is 144 Å². The topological polar surface area (TPSA) is 84.2 Å². The molecule has 2 heterocycles. The van der Waals surface area contributed by atoms with E-state index in [0.29, 0.717) is 18.5 Å². The predicted octanol–water partition coefficient (Wildman–Crippen LogP) is 2.23. The fraction of sp³-hybridized carbons (Fsp3) is 0.500. The number of rotatable bonds is 5. The molecule has 1 atom stereocenters. The summed E-state index contributed by atoms with van der Waals surface area (Å²) in [5, 5.41) is 15.6. The third-order valence-electron chi connectivity index (χ3n) is 4.12. The number of aliphatic hydroxyl groups excluding tert-OH is 1. The van der Waals surface area contributed by atoms with E-state index >= 15 is 0 Å². The second-order valence-corrected chi connectivity index (χ2v) is 8.82. The third-order valence-corrected chi connectivity index (χ3v) is 7.21. The van der Waals surface area contributed by atoms with Gasteiger partial charge in [0.1, 0.15) is 10.0 Å². The van der Waals surface area contributed by atoms with E-state index in [1.165, 1.54) is 16.0 Å². The largest absolute Gasteiger partial charge is 0.393 e. The maximum Gasteiger partial charge on any atom is 0.246 e. The first kappa shape index (κ1) is 16.9. The Bertz CT molecular complexity index is 796. The van der Waals surface area contributed by atoms with E-state index in [0.717, 1.165) is 4.88 Å². The first-order valence-electron chi connectivity index (χ1n) is 7.22. The van der Waals surface area contributed by atoms with Crippen LogP contribution in [-0.2, 0) is 17.1 Å². The Balaban J connectivity index is 1.93. The van der Waals surface area contributed by atoms with E-state index < -0.39 is 10.0 Å². The lowest BCUT2D eigenvalue weighted by Crippen LogP contribution is -2.41. The van der Waals surface area contributed by atoms with Gasteiger partial charge in [-0.2, -0.15) is 5.10 Å². The van der Waals surface area contributed by atoms with Crippen LogP contribution >= 0.6 is 22.9 Å².